The number of aromatic nitrogens is 1. The number of nitrogens with zero attached hydrogens (tertiary/aromatic N) is 2. The minimum Gasteiger partial charge on any atom is -0.376 e. The molecule has 0 aliphatic carbocycles. The fraction of sp³-hybridized carbons (Fsp3) is 0.524. The third kappa shape index (κ3) is 4.89. The molecule has 1 aliphatic rings. The maximum atomic E-state index is 12.4. The van der Waals surface area contributed by atoms with Crippen LogP contribution in [0.15, 0.2) is 47.2 Å². The van der Waals surface area contributed by atoms with Crippen molar-refractivity contribution in [3.05, 3.63) is 53.9 Å². The molecule has 1 N–H and O–H groups in total. The standard InChI is InChI=1S/C21H29N3O3/c1-20(2)16-21(11-14-26-20,17-7-5-4-6-8-17)10-12-22-19(25)24(3)15-18-9-13-27-23-18/h4-9,13H,10-12,14-16H2,1-3H3,(H,22,25)/t21-/m0/s1. The first-order valence-corrected chi connectivity index (χ1v) is 9.48. The quantitative estimate of drug-likeness (QED) is 0.840. The molecule has 2 heterocycles. The molecule has 1 saturated heterocycles. The first-order chi connectivity index (χ1) is 12.9. The lowest BCUT2D eigenvalue weighted by Gasteiger charge is -2.45. The largest absolute Gasteiger partial charge is 0.376 e. The van der Waals surface area contributed by atoms with Crippen molar-refractivity contribution in [1.29, 1.82) is 0 Å². The Morgan fingerprint density at radius 3 is 2.70 bits per heavy atom. The summed E-state index contributed by atoms with van der Waals surface area (Å²) in [5.74, 6) is 0. The first kappa shape index (κ1) is 19.4. The number of carbonyl (C=O) groups is 1. The fourth-order valence-corrected chi connectivity index (χ4v) is 4.05. The van der Waals surface area contributed by atoms with Crippen LogP contribution in [-0.4, -0.2) is 41.9 Å². The Labute approximate surface area is 160 Å². The third-order valence-corrected chi connectivity index (χ3v) is 5.34. The van der Waals surface area contributed by atoms with Crippen LogP contribution in [0.3, 0.4) is 0 Å². The van der Waals surface area contributed by atoms with E-state index in [9.17, 15) is 4.79 Å². The molecular weight excluding hydrogens is 342 g/mol. The predicted molar refractivity (Wildman–Crippen MR) is 103 cm³/mol. The van der Waals surface area contributed by atoms with Gasteiger partial charge in [-0.25, -0.2) is 4.79 Å². The number of hydrogen-bond acceptors (Lipinski definition) is 4. The molecule has 1 aromatic heterocycles. The average Bonchev–Trinajstić information content (AvgIpc) is 3.14. The molecule has 27 heavy (non-hydrogen) atoms. The Morgan fingerprint density at radius 2 is 2.04 bits per heavy atom. The summed E-state index contributed by atoms with van der Waals surface area (Å²) in [5.41, 5.74) is 1.91. The Hall–Kier alpha value is -2.34. The minimum atomic E-state index is -0.165. The van der Waals surface area contributed by atoms with Gasteiger partial charge in [-0.2, -0.15) is 0 Å². The van der Waals surface area contributed by atoms with Crippen molar-refractivity contribution in [3.8, 4) is 0 Å². The monoisotopic (exact) mass is 371 g/mol. The highest BCUT2D eigenvalue weighted by Gasteiger charge is 2.41. The van der Waals surface area contributed by atoms with Gasteiger partial charge in [0.1, 0.15) is 12.0 Å². The van der Waals surface area contributed by atoms with Gasteiger partial charge in [0, 0.05) is 31.7 Å². The van der Waals surface area contributed by atoms with Crippen LogP contribution in [0.25, 0.3) is 0 Å². The van der Waals surface area contributed by atoms with Crippen LogP contribution in [0, 0.1) is 0 Å². The number of nitrogens with one attached hydrogen (secondary N) is 1. The van der Waals surface area contributed by atoms with Crippen LogP contribution in [0.2, 0.25) is 0 Å². The van der Waals surface area contributed by atoms with E-state index >= 15 is 0 Å². The molecule has 0 spiro atoms. The molecule has 2 aromatic rings. The molecular formula is C21H29N3O3. The van der Waals surface area contributed by atoms with Crippen molar-refractivity contribution >= 4 is 6.03 Å². The van der Waals surface area contributed by atoms with E-state index in [2.05, 4.69) is 48.6 Å². The molecule has 1 aliphatic heterocycles. The van der Waals surface area contributed by atoms with Gasteiger partial charge < -0.3 is 19.5 Å². The first-order valence-electron chi connectivity index (χ1n) is 9.48. The van der Waals surface area contributed by atoms with Crippen LogP contribution in [0.1, 0.15) is 44.4 Å². The summed E-state index contributed by atoms with van der Waals surface area (Å²) < 4.78 is 10.8. The lowest BCUT2D eigenvalue weighted by atomic mass is 9.67. The average molecular weight is 371 g/mol. The molecule has 0 saturated carbocycles. The molecule has 0 radical (unpaired) electrons. The molecule has 2 amide bonds. The van der Waals surface area contributed by atoms with Gasteiger partial charge in [-0.05, 0) is 38.7 Å². The molecule has 1 fully saturated rings. The van der Waals surface area contributed by atoms with Gasteiger partial charge in [0.25, 0.3) is 0 Å². The van der Waals surface area contributed by atoms with Crippen molar-refractivity contribution < 1.29 is 14.1 Å². The van der Waals surface area contributed by atoms with Gasteiger partial charge in [0.2, 0.25) is 0 Å². The van der Waals surface area contributed by atoms with Gasteiger partial charge >= 0.3 is 6.03 Å². The van der Waals surface area contributed by atoms with Crippen molar-refractivity contribution in [2.24, 2.45) is 0 Å². The molecule has 0 unspecified atom stereocenters. The maximum Gasteiger partial charge on any atom is 0.317 e. The highest BCUT2D eigenvalue weighted by atomic mass is 16.5. The third-order valence-electron chi connectivity index (χ3n) is 5.34. The number of benzene rings is 1. The van der Waals surface area contributed by atoms with Gasteiger partial charge in [0.15, 0.2) is 0 Å². The Kier molecular flexibility index (Phi) is 5.85. The number of rotatable bonds is 6. The predicted octanol–water partition coefficient (Wildman–Crippen LogP) is 3.73. The van der Waals surface area contributed by atoms with Gasteiger partial charge in [-0.1, -0.05) is 35.5 Å². The second-order valence-corrected chi connectivity index (χ2v) is 8.01. The molecule has 1 aromatic carbocycles. The Bertz CT molecular complexity index is 730. The minimum absolute atomic E-state index is 0.0149. The summed E-state index contributed by atoms with van der Waals surface area (Å²) in [6.07, 6.45) is 4.30. The fourth-order valence-electron chi connectivity index (χ4n) is 4.05. The van der Waals surface area contributed by atoms with Crippen molar-refractivity contribution in [1.82, 2.24) is 15.4 Å². The van der Waals surface area contributed by atoms with E-state index in [1.54, 1.807) is 18.0 Å². The van der Waals surface area contributed by atoms with E-state index in [4.69, 9.17) is 9.26 Å². The van der Waals surface area contributed by atoms with E-state index in [1.165, 1.54) is 11.8 Å². The maximum absolute atomic E-state index is 12.4. The Morgan fingerprint density at radius 1 is 1.26 bits per heavy atom. The number of amides is 2. The molecule has 146 valence electrons. The van der Waals surface area contributed by atoms with E-state index < -0.39 is 0 Å². The zero-order chi connectivity index (χ0) is 19.3. The normalized spacial score (nSPS) is 21.6. The summed E-state index contributed by atoms with van der Waals surface area (Å²) in [6, 6.07) is 12.3. The number of urea groups is 1. The van der Waals surface area contributed by atoms with Crippen molar-refractivity contribution in [2.75, 3.05) is 20.2 Å². The van der Waals surface area contributed by atoms with E-state index in [0.29, 0.717) is 13.1 Å². The summed E-state index contributed by atoms with van der Waals surface area (Å²) >= 11 is 0. The zero-order valence-electron chi connectivity index (χ0n) is 16.4. The van der Waals surface area contributed by atoms with Crippen LogP contribution in [0.4, 0.5) is 4.79 Å². The van der Waals surface area contributed by atoms with Crippen LogP contribution >= 0.6 is 0 Å². The zero-order valence-corrected chi connectivity index (χ0v) is 16.4. The second kappa shape index (κ2) is 8.13. The topological polar surface area (TPSA) is 67.6 Å². The van der Waals surface area contributed by atoms with Crippen LogP contribution < -0.4 is 5.32 Å². The highest BCUT2D eigenvalue weighted by Crippen LogP contribution is 2.43. The van der Waals surface area contributed by atoms with Crippen LogP contribution in [-0.2, 0) is 16.7 Å². The summed E-state index contributed by atoms with van der Waals surface area (Å²) in [6.45, 7) is 6.07. The lowest BCUT2D eigenvalue weighted by Crippen LogP contribution is -2.46. The summed E-state index contributed by atoms with van der Waals surface area (Å²) in [7, 11) is 1.76. The molecule has 3 rings (SSSR count). The van der Waals surface area contributed by atoms with Crippen molar-refractivity contribution in [2.45, 2.75) is 50.7 Å². The van der Waals surface area contributed by atoms with Gasteiger partial charge in [0.05, 0.1) is 12.1 Å². The molecule has 6 nitrogen and oxygen atoms in total. The van der Waals surface area contributed by atoms with Crippen LogP contribution in [0.5, 0.6) is 0 Å². The lowest BCUT2D eigenvalue weighted by molar-refractivity contribution is -0.0838. The summed E-state index contributed by atoms with van der Waals surface area (Å²) in [4.78, 5) is 14.0. The summed E-state index contributed by atoms with van der Waals surface area (Å²) in [5, 5.41) is 6.90. The van der Waals surface area contributed by atoms with Gasteiger partial charge in [-0.3, -0.25) is 0 Å². The Balaban J connectivity index is 1.62. The van der Waals surface area contributed by atoms with E-state index in [0.717, 1.165) is 31.6 Å². The number of carbonyl (C=O) groups excluding carboxylic acids is 1. The van der Waals surface area contributed by atoms with E-state index in [1.807, 2.05) is 6.07 Å². The molecule has 6 heteroatoms. The SMILES string of the molecule is CN(Cc1ccon1)C(=O)NCC[C@]1(c2ccccc2)CCOC(C)(C)C1. The number of hydrogen-bond donors (Lipinski definition) is 1. The molecule has 0 bridgehead atoms. The molecule has 1 atom stereocenters. The number of ether oxygens (including phenoxy) is 1. The van der Waals surface area contributed by atoms with E-state index in [-0.39, 0.29) is 17.0 Å². The second-order valence-electron chi connectivity index (χ2n) is 8.01. The van der Waals surface area contributed by atoms with Gasteiger partial charge in [-0.15, -0.1) is 0 Å². The highest BCUT2D eigenvalue weighted by molar-refractivity contribution is 5.73. The van der Waals surface area contributed by atoms with Crippen molar-refractivity contribution in [3.63, 3.8) is 0 Å². The smallest absolute Gasteiger partial charge is 0.317 e.